The van der Waals surface area contributed by atoms with E-state index in [1.54, 1.807) is 0 Å². The minimum atomic E-state index is -3.32. The molecule has 5 heteroatoms. The molecule has 0 aromatic carbocycles. The zero-order valence-corrected chi connectivity index (χ0v) is 5.14. The van der Waals surface area contributed by atoms with Crippen LogP contribution in [0.5, 0.6) is 0 Å². The standard InChI is InChI=1S/C3H6O4S/c1-3-6-2-8(4,5)7-3/h3H,2H2,1H3. The lowest BCUT2D eigenvalue weighted by Gasteiger charge is -1.92. The number of rotatable bonds is 0. The topological polar surface area (TPSA) is 52.6 Å². The van der Waals surface area contributed by atoms with Crippen LogP contribution in [0, 0.1) is 0 Å². The summed E-state index contributed by atoms with van der Waals surface area (Å²) in [6.45, 7) is 1.53. The summed E-state index contributed by atoms with van der Waals surface area (Å²) in [4.78, 5) is 0. The van der Waals surface area contributed by atoms with E-state index >= 15 is 0 Å². The van der Waals surface area contributed by atoms with Crippen molar-refractivity contribution in [2.45, 2.75) is 13.2 Å². The minimum Gasteiger partial charge on any atom is -0.333 e. The average Bonchev–Trinajstić information content (AvgIpc) is 1.82. The molecule has 0 aliphatic carbocycles. The van der Waals surface area contributed by atoms with Crippen molar-refractivity contribution in [1.29, 1.82) is 0 Å². The van der Waals surface area contributed by atoms with Gasteiger partial charge in [0.2, 0.25) is 0 Å². The monoisotopic (exact) mass is 138 g/mol. The number of hydrogen-bond donors (Lipinski definition) is 0. The van der Waals surface area contributed by atoms with Crippen molar-refractivity contribution in [2.24, 2.45) is 0 Å². The van der Waals surface area contributed by atoms with E-state index in [2.05, 4.69) is 8.92 Å². The van der Waals surface area contributed by atoms with E-state index in [1.165, 1.54) is 6.92 Å². The highest BCUT2D eigenvalue weighted by Gasteiger charge is 2.25. The lowest BCUT2D eigenvalue weighted by molar-refractivity contribution is -0.00219. The molecule has 1 heterocycles. The molecule has 1 unspecified atom stereocenters. The van der Waals surface area contributed by atoms with Crippen LogP contribution in [-0.2, 0) is 19.0 Å². The van der Waals surface area contributed by atoms with Crippen molar-refractivity contribution in [3.63, 3.8) is 0 Å². The van der Waals surface area contributed by atoms with Crippen molar-refractivity contribution in [3.8, 4) is 0 Å². The molecule has 1 fully saturated rings. The molecule has 0 aromatic rings. The third-order valence-electron chi connectivity index (χ3n) is 0.729. The summed E-state index contributed by atoms with van der Waals surface area (Å²) < 4.78 is 29.4. The van der Waals surface area contributed by atoms with Crippen LogP contribution in [0.15, 0.2) is 0 Å². The van der Waals surface area contributed by atoms with Crippen molar-refractivity contribution < 1.29 is 17.3 Å². The number of hydrogen-bond acceptors (Lipinski definition) is 4. The number of ether oxygens (including phenoxy) is 1. The molecule has 0 N–H and O–H groups in total. The zero-order chi connectivity index (χ0) is 6.20. The molecule has 0 aromatic heterocycles. The quantitative estimate of drug-likeness (QED) is 0.430. The molecule has 1 aliphatic rings. The molecule has 0 bridgehead atoms. The largest absolute Gasteiger partial charge is 0.333 e. The summed E-state index contributed by atoms with van der Waals surface area (Å²) in [6.07, 6.45) is -0.597. The average molecular weight is 138 g/mol. The molecule has 4 nitrogen and oxygen atoms in total. The lowest BCUT2D eigenvalue weighted by atomic mass is 10.8. The molecule has 8 heavy (non-hydrogen) atoms. The van der Waals surface area contributed by atoms with Crippen LogP contribution >= 0.6 is 0 Å². The maximum atomic E-state index is 10.3. The first-order valence-electron chi connectivity index (χ1n) is 2.13. The highest BCUT2D eigenvalue weighted by molar-refractivity contribution is 7.86. The predicted molar refractivity (Wildman–Crippen MR) is 25.4 cm³/mol. The highest BCUT2D eigenvalue weighted by Crippen LogP contribution is 2.10. The second-order valence-electron chi connectivity index (χ2n) is 1.51. The summed E-state index contributed by atoms with van der Waals surface area (Å²) in [6, 6.07) is 0. The van der Waals surface area contributed by atoms with Crippen LogP contribution in [0.4, 0.5) is 0 Å². The van der Waals surface area contributed by atoms with Gasteiger partial charge in [-0.2, -0.15) is 8.42 Å². The lowest BCUT2D eigenvalue weighted by Crippen LogP contribution is -2.01. The van der Waals surface area contributed by atoms with Crippen LogP contribution in [0.25, 0.3) is 0 Å². The van der Waals surface area contributed by atoms with Gasteiger partial charge in [-0.15, -0.1) is 0 Å². The van der Waals surface area contributed by atoms with Gasteiger partial charge in [-0.25, -0.2) is 4.18 Å². The molecule has 48 valence electrons. The Labute approximate surface area is 47.5 Å². The minimum absolute atomic E-state index is 0.311. The van der Waals surface area contributed by atoms with Gasteiger partial charge in [0.15, 0.2) is 12.2 Å². The van der Waals surface area contributed by atoms with Gasteiger partial charge in [0.25, 0.3) is 10.1 Å². The smallest absolute Gasteiger partial charge is 0.294 e. The first-order chi connectivity index (χ1) is 3.60. The summed E-state index contributed by atoms with van der Waals surface area (Å²) >= 11 is 0. The van der Waals surface area contributed by atoms with E-state index in [-0.39, 0.29) is 5.94 Å². The molecular weight excluding hydrogens is 132 g/mol. The maximum absolute atomic E-state index is 10.3. The van der Waals surface area contributed by atoms with Crippen LogP contribution in [0.3, 0.4) is 0 Å². The molecule has 0 amide bonds. The second kappa shape index (κ2) is 1.68. The first kappa shape index (κ1) is 6.00. The Balaban J connectivity index is 2.71. The molecule has 1 aliphatic heterocycles. The van der Waals surface area contributed by atoms with Gasteiger partial charge in [-0.05, 0) is 6.92 Å². The van der Waals surface area contributed by atoms with Gasteiger partial charge in [0.1, 0.15) is 0 Å². The molecule has 1 rings (SSSR count). The third-order valence-corrected chi connectivity index (χ3v) is 1.72. The fourth-order valence-electron chi connectivity index (χ4n) is 0.441. The van der Waals surface area contributed by atoms with Crippen LogP contribution < -0.4 is 0 Å². The van der Waals surface area contributed by atoms with Gasteiger partial charge in [-0.3, -0.25) is 0 Å². The Hall–Kier alpha value is -0.130. The normalized spacial score (nSPS) is 35.4. The van der Waals surface area contributed by atoms with E-state index in [9.17, 15) is 8.42 Å². The third kappa shape index (κ3) is 1.18. The van der Waals surface area contributed by atoms with Gasteiger partial charge < -0.3 is 4.74 Å². The fourth-order valence-corrected chi connectivity index (χ4v) is 1.32. The van der Waals surface area contributed by atoms with E-state index in [1.807, 2.05) is 0 Å². The van der Waals surface area contributed by atoms with E-state index in [0.29, 0.717) is 0 Å². The zero-order valence-electron chi connectivity index (χ0n) is 4.33. The molecule has 0 spiro atoms. The van der Waals surface area contributed by atoms with Crippen LogP contribution in [0.2, 0.25) is 0 Å². The maximum Gasteiger partial charge on any atom is 0.294 e. The molecule has 0 radical (unpaired) electrons. The Morgan fingerprint density at radius 3 is 2.38 bits per heavy atom. The summed E-state index contributed by atoms with van der Waals surface area (Å²) in [5.74, 6) is -0.311. The van der Waals surface area contributed by atoms with Crippen molar-refractivity contribution in [2.75, 3.05) is 5.94 Å². The van der Waals surface area contributed by atoms with Gasteiger partial charge in [-0.1, -0.05) is 0 Å². The first-order valence-corrected chi connectivity index (χ1v) is 3.70. The summed E-state index contributed by atoms with van der Waals surface area (Å²) in [5.41, 5.74) is 0. The SMILES string of the molecule is CC1OCS(=O)(=O)O1. The van der Waals surface area contributed by atoms with Crippen molar-refractivity contribution in [1.82, 2.24) is 0 Å². The van der Waals surface area contributed by atoms with Gasteiger partial charge >= 0.3 is 0 Å². The predicted octanol–water partition coefficient (Wildman–Crippen LogP) is -0.333. The van der Waals surface area contributed by atoms with Crippen LogP contribution in [-0.4, -0.2) is 20.6 Å². The van der Waals surface area contributed by atoms with E-state index in [0.717, 1.165) is 0 Å². The molecule has 0 saturated carbocycles. The van der Waals surface area contributed by atoms with E-state index < -0.39 is 16.4 Å². The molecular formula is C3H6O4S. The van der Waals surface area contributed by atoms with Gasteiger partial charge in [0.05, 0.1) is 0 Å². The second-order valence-corrected chi connectivity index (χ2v) is 3.05. The fraction of sp³-hybridized carbons (Fsp3) is 1.00. The Bertz CT molecular complexity index is 170. The summed E-state index contributed by atoms with van der Waals surface area (Å²) in [5, 5.41) is 0. The Morgan fingerprint density at radius 2 is 2.25 bits per heavy atom. The van der Waals surface area contributed by atoms with Crippen molar-refractivity contribution >= 4 is 10.1 Å². The van der Waals surface area contributed by atoms with Crippen LogP contribution in [0.1, 0.15) is 6.92 Å². The van der Waals surface area contributed by atoms with Gasteiger partial charge in [0, 0.05) is 0 Å². The Morgan fingerprint density at radius 1 is 1.62 bits per heavy atom. The summed E-state index contributed by atoms with van der Waals surface area (Å²) in [7, 11) is -3.32. The Kier molecular flexibility index (Phi) is 1.26. The molecule has 1 saturated heterocycles. The highest BCUT2D eigenvalue weighted by atomic mass is 32.2. The van der Waals surface area contributed by atoms with Crippen molar-refractivity contribution in [3.05, 3.63) is 0 Å². The van der Waals surface area contributed by atoms with E-state index in [4.69, 9.17) is 0 Å². The molecule has 1 atom stereocenters.